The van der Waals surface area contributed by atoms with Crippen LogP contribution in [0.5, 0.6) is 0 Å². The number of hydrogen-bond donors (Lipinski definition) is 3. The zero-order valence-electron chi connectivity index (χ0n) is 10.5. The Morgan fingerprint density at radius 3 is 2.85 bits per heavy atom. The summed E-state index contributed by atoms with van der Waals surface area (Å²) in [6.07, 6.45) is 1.42. The Balaban J connectivity index is 1.67. The van der Waals surface area contributed by atoms with Crippen LogP contribution >= 0.6 is 11.3 Å². The van der Waals surface area contributed by atoms with Crippen molar-refractivity contribution >= 4 is 21.6 Å². The molecule has 0 saturated heterocycles. The van der Waals surface area contributed by atoms with Gasteiger partial charge in [-0.05, 0) is 12.1 Å². The third-order valence-corrected chi connectivity index (χ3v) is 3.86. The van der Waals surface area contributed by atoms with E-state index in [9.17, 15) is 9.59 Å². The molecule has 0 saturated carbocycles. The zero-order chi connectivity index (χ0) is 13.9. The van der Waals surface area contributed by atoms with E-state index in [0.717, 1.165) is 15.2 Å². The molecule has 0 aliphatic heterocycles. The van der Waals surface area contributed by atoms with Crippen molar-refractivity contribution in [3.8, 4) is 0 Å². The molecule has 1 aromatic carbocycles. The van der Waals surface area contributed by atoms with Crippen molar-refractivity contribution in [1.82, 2.24) is 20.3 Å². The van der Waals surface area contributed by atoms with Crippen molar-refractivity contribution < 1.29 is 0 Å². The maximum absolute atomic E-state index is 11.5. The molecule has 0 amide bonds. The van der Waals surface area contributed by atoms with Crippen LogP contribution in [0.2, 0.25) is 0 Å². The molecule has 0 unspecified atom stereocenters. The van der Waals surface area contributed by atoms with E-state index in [1.807, 2.05) is 24.3 Å². The molecule has 102 valence electrons. The first kappa shape index (κ1) is 12.8. The van der Waals surface area contributed by atoms with Gasteiger partial charge in [-0.15, -0.1) is 11.3 Å². The summed E-state index contributed by atoms with van der Waals surface area (Å²) in [7, 11) is 0. The lowest BCUT2D eigenvalue weighted by Crippen LogP contribution is -2.27. The molecule has 0 bridgehead atoms. The van der Waals surface area contributed by atoms with Crippen LogP contribution in [0.4, 0.5) is 0 Å². The Hall–Kier alpha value is -2.25. The fourth-order valence-corrected chi connectivity index (χ4v) is 2.81. The first-order valence-electron chi connectivity index (χ1n) is 6.08. The van der Waals surface area contributed by atoms with Gasteiger partial charge in [0.05, 0.1) is 10.2 Å². The van der Waals surface area contributed by atoms with E-state index in [2.05, 4.69) is 20.3 Å². The Bertz CT molecular complexity index is 816. The number of fused-ring (bicyclic) bond motifs is 1. The normalized spacial score (nSPS) is 11.0. The Morgan fingerprint density at radius 1 is 1.20 bits per heavy atom. The first-order chi connectivity index (χ1) is 9.72. The maximum Gasteiger partial charge on any atom is 0.325 e. The molecule has 6 nitrogen and oxygen atoms in total. The largest absolute Gasteiger partial charge is 0.325 e. The van der Waals surface area contributed by atoms with Crippen LogP contribution in [-0.2, 0) is 13.1 Å². The van der Waals surface area contributed by atoms with Gasteiger partial charge in [0.25, 0.3) is 5.56 Å². The predicted molar refractivity (Wildman–Crippen MR) is 77.8 cm³/mol. The summed E-state index contributed by atoms with van der Waals surface area (Å²) in [5.41, 5.74) is 0.609. The lowest BCUT2D eigenvalue weighted by atomic mass is 10.3. The number of H-pyrrole nitrogens is 2. The number of benzene rings is 1. The van der Waals surface area contributed by atoms with Gasteiger partial charge in [0, 0.05) is 24.8 Å². The van der Waals surface area contributed by atoms with Crippen LogP contribution in [0, 0.1) is 0 Å². The van der Waals surface area contributed by atoms with E-state index in [4.69, 9.17) is 0 Å². The molecule has 0 radical (unpaired) electrons. The fourth-order valence-electron chi connectivity index (χ4n) is 1.87. The summed E-state index contributed by atoms with van der Waals surface area (Å²) in [6.45, 7) is 0.958. The van der Waals surface area contributed by atoms with E-state index in [1.54, 1.807) is 11.3 Å². The summed E-state index contributed by atoms with van der Waals surface area (Å²) in [5, 5.41) is 4.11. The van der Waals surface area contributed by atoms with Crippen LogP contribution in [0.1, 0.15) is 10.6 Å². The number of nitrogens with zero attached hydrogens (tertiary/aromatic N) is 1. The molecule has 0 spiro atoms. The fraction of sp³-hybridized carbons (Fsp3) is 0.154. The van der Waals surface area contributed by atoms with Gasteiger partial charge in [0.15, 0.2) is 0 Å². The molecule has 0 atom stereocenters. The van der Waals surface area contributed by atoms with E-state index >= 15 is 0 Å². The number of nitrogens with one attached hydrogen (secondary N) is 3. The summed E-state index contributed by atoms with van der Waals surface area (Å²) in [5.74, 6) is 0. The molecule has 2 aromatic heterocycles. The summed E-state index contributed by atoms with van der Waals surface area (Å²) < 4.78 is 1.14. The molecule has 0 fully saturated rings. The summed E-state index contributed by atoms with van der Waals surface area (Å²) in [4.78, 5) is 31.5. The highest BCUT2D eigenvalue weighted by molar-refractivity contribution is 7.18. The van der Waals surface area contributed by atoms with Gasteiger partial charge in [-0.3, -0.25) is 9.78 Å². The Kier molecular flexibility index (Phi) is 3.44. The minimum atomic E-state index is -0.495. The molecule has 3 aromatic rings. The lowest BCUT2D eigenvalue weighted by molar-refractivity contribution is 0.680. The lowest BCUT2D eigenvalue weighted by Gasteiger charge is -2.00. The predicted octanol–water partition coefficient (Wildman–Crippen LogP) is 0.963. The number of aromatic amines is 2. The van der Waals surface area contributed by atoms with Gasteiger partial charge >= 0.3 is 5.69 Å². The van der Waals surface area contributed by atoms with Crippen LogP contribution in [0.25, 0.3) is 10.2 Å². The number of hydrogen-bond acceptors (Lipinski definition) is 5. The SMILES string of the molecule is O=c1[nH]cc(CNCc2nc3ccccc3s2)c(=O)[nH]1. The molecule has 7 heteroatoms. The maximum atomic E-state index is 11.5. The number of aromatic nitrogens is 3. The highest BCUT2D eigenvalue weighted by Crippen LogP contribution is 2.21. The van der Waals surface area contributed by atoms with Gasteiger partial charge in [0.1, 0.15) is 5.01 Å². The molecule has 0 aliphatic rings. The van der Waals surface area contributed by atoms with Gasteiger partial charge in [0.2, 0.25) is 0 Å². The van der Waals surface area contributed by atoms with Crippen molar-refractivity contribution in [2.75, 3.05) is 0 Å². The smallest absolute Gasteiger partial charge is 0.314 e. The highest BCUT2D eigenvalue weighted by Gasteiger charge is 2.04. The molecule has 3 rings (SSSR count). The average molecular weight is 288 g/mol. The van der Waals surface area contributed by atoms with Gasteiger partial charge in [-0.25, -0.2) is 9.78 Å². The number of rotatable bonds is 4. The summed E-state index contributed by atoms with van der Waals surface area (Å²) in [6, 6.07) is 7.95. The third kappa shape index (κ3) is 2.68. The van der Waals surface area contributed by atoms with E-state index in [1.165, 1.54) is 6.20 Å². The summed E-state index contributed by atoms with van der Waals surface area (Å²) >= 11 is 1.62. The molecule has 3 N–H and O–H groups in total. The van der Waals surface area contributed by atoms with Crippen molar-refractivity contribution in [2.45, 2.75) is 13.1 Å². The second kappa shape index (κ2) is 5.40. The van der Waals surface area contributed by atoms with Crippen molar-refractivity contribution in [3.05, 3.63) is 61.9 Å². The van der Waals surface area contributed by atoms with Crippen LogP contribution in [-0.4, -0.2) is 15.0 Å². The minimum Gasteiger partial charge on any atom is -0.314 e. The molecular formula is C13H12N4O2S. The zero-order valence-corrected chi connectivity index (χ0v) is 11.3. The molecule has 0 aliphatic carbocycles. The Morgan fingerprint density at radius 2 is 2.05 bits per heavy atom. The molecular weight excluding hydrogens is 276 g/mol. The van der Waals surface area contributed by atoms with E-state index < -0.39 is 5.69 Å². The van der Waals surface area contributed by atoms with Crippen molar-refractivity contribution in [3.63, 3.8) is 0 Å². The second-order valence-electron chi connectivity index (χ2n) is 4.28. The molecule has 20 heavy (non-hydrogen) atoms. The van der Waals surface area contributed by atoms with Gasteiger partial charge < -0.3 is 10.3 Å². The van der Waals surface area contributed by atoms with Crippen LogP contribution < -0.4 is 16.6 Å². The van der Waals surface area contributed by atoms with Crippen molar-refractivity contribution in [2.24, 2.45) is 0 Å². The minimum absolute atomic E-state index is 0.370. The van der Waals surface area contributed by atoms with Crippen molar-refractivity contribution in [1.29, 1.82) is 0 Å². The Labute approximate surface area is 117 Å². The van der Waals surface area contributed by atoms with E-state index in [-0.39, 0.29) is 5.56 Å². The van der Waals surface area contributed by atoms with Gasteiger partial charge in [-0.2, -0.15) is 0 Å². The second-order valence-corrected chi connectivity index (χ2v) is 5.39. The third-order valence-electron chi connectivity index (χ3n) is 2.83. The molecule has 2 heterocycles. The number of para-hydroxylation sites is 1. The van der Waals surface area contributed by atoms with Crippen LogP contribution in [0.15, 0.2) is 40.1 Å². The topological polar surface area (TPSA) is 90.6 Å². The van der Waals surface area contributed by atoms with Crippen LogP contribution in [0.3, 0.4) is 0 Å². The number of thiazole rings is 1. The average Bonchev–Trinajstić information content (AvgIpc) is 2.84. The quantitative estimate of drug-likeness (QED) is 0.667. The first-order valence-corrected chi connectivity index (χ1v) is 6.90. The highest BCUT2D eigenvalue weighted by atomic mass is 32.1. The monoisotopic (exact) mass is 288 g/mol. The van der Waals surface area contributed by atoms with E-state index in [0.29, 0.717) is 18.7 Å². The standard InChI is InChI=1S/C13H12N4O2S/c18-12-8(6-15-13(19)17-12)5-14-7-11-16-9-3-1-2-4-10(9)20-11/h1-4,6,14H,5,7H2,(H2,15,17,18,19). The van der Waals surface area contributed by atoms with Gasteiger partial charge in [-0.1, -0.05) is 12.1 Å².